The predicted molar refractivity (Wildman–Crippen MR) is 210 cm³/mol. The second-order valence-corrected chi connectivity index (χ2v) is 16.0. The lowest BCUT2D eigenvalue weighted by molar-refractivity contribution is -0.372. The molecule has 0 amide bonds. The van der Waals surface area contributed by atoms with E-state index >= 15 is 0 Å². The number of aromatic hydroxyl groups is 11. The first-order valence-electron chi connectivity index (χ1n) is 20.0. The second kappa shape index (κ2) is 17.8. The number of phenolic OH excluding ortho intramolecular Hbond substituents is 11. The molecule has 27 nitrogen and oxygen atoms in total. The molecule has 19 N–H and O–H groups in total. The van der Waals surface area contributed by atoms with Gasteiger partial charge < -0.3 is 130 Å². The Morgan fingerprint density at radius 3 is 1.82 bits per heavy atom. The first-order valence-corrected chi connectivity index (χ1v) is 20.0. The van der Waals surface area contributed by atoms with Crippen LogP contribution in [0.2, 0.25) is 0 Å². The topological polar surface area (TPSA) is 466 Å². The van der Waals surface area contributed by atoms with Crippen LogP contribution in [0.15, 0.2) is 30.3 Å². The van der Waals surface area contributed by atoms with Crippen molar-refractivity contribution in [1.29, 1.82) is 0 Å². The summed E-state index contributed by atoms with van der Waals surface area (Å²) in [5.41, 5.74) is -5.52. The minimum absolute atomic E-state index is 0.458. The number of hydrogen-bond acceptors (Lipinski definition) is 27. The lowest BCUT2D eigenvalue weighted by atomic mass is 9.75. The highest BCUT2D eigenvalue weighted by molar-refractivity contribution is 6.03. The summed E-state index contributed by atoms with van der Waals surface area (Å²) in [6.07, 6.45) is -28.9. The molecule has 0 saturated carbocycles. The monoisotopic (exact) mass is 966 g/mol. The van der Waals surface area contributed by atoms with E-state index in [4.69, 9.17) is 33.2 Å². The zero-order valence-electron chi connectivity index (χ0n) is 34.1. The number of aliphatic hydroxyl groups excluding tert-OH is 7. The smallest absolute Gasteiger partial charge is 0.339 e. The molecule has 4 aromatic rings. The molecule has 4 heterocycles. The highest BCUT2D eigenvalue weighted by Crippen LogP contribution is 2.56. The highest BCUT2D eigenvalue weighted by atomic mass is 16.8. The van der Waals surface area contributed by atoms with Crippen LogP contribution in [-0.2, 0) is 28.4 Å². The zero-order valence-corrected chi connectivity index (χ0v) is 34.1. The van der Waals surface area contributed by atoms with Crippen LogP contribution in [0, 0.1) is 5.92 Å². The number of benzene rings is 4. The van der Waals surface area contributed by atoms with Gasteiger partial charge in [-0.05, 0) is 30.3 Å². The van der Waals surface area contributed by atoms with E-state index in [1.54, 1.807) is 0 Å². The molecule has 4 aliphatic heterocycles. The molecular formula is C41H42O27. The number of aliphatic hydroxyl groups is 8. The molecule has 13 atom stereocenters. The molecule has 4 aliphatic rings. The highest BCUT2D eigenvalue weighted by Gasteiger charge is 2.56. The summed E-state index contributed by atoms with van der Waals surface area (Å²) in [5.74, 6) is -19.3. The Morgan fingerprint density at radius 2 is 1.18 bits per heavy atom. The van der Waals surface area contributed by atoms with Gasteiger partial charge >= 0.3 is 5.97 Å². The Hall–Kier alpha value is -6.57. The van der Waals surface area contributed by atoms with E-state index in [2.05, 4.69) is 0 Å². The molecule has 368 valence electrons. The maximum Gasteiger partial charge on any atom is 0.339 e. The Balaban J connectivity index is 1.38. The maximum absolute atomic E-state index is 14.7. The average Bonchev–Trinajstić information content (AvgIpc) is 3.28. The number of carbonyl (C=O) groups is 1. The molecule has 4 aromatic carbocycles. The van der Waals surface area contributed by atoms with Gasteiger partial charge in [0.25, 0.3) is 0 Å². The van der Waals surface area contributed by atoms with E-state index < -0.39 is 213 Å². The fourth-order valence-corrected chi connectivity index (χ4v) is 8.69. The van der Waals surface area contributed by atoms with Crippen molar-refractivity contribution in [2.45, 2.75) is 86.9 Å². The average molecular weight is 967 g/mol. The van der Waals surface area contributed by atoms with Crippen molar-refractivity contribution < 1.29 is 135 Å². The molecule has 0 spiro atoms. The third-order valence-electron chi connectivity index (χ3n) is 11.9. The van der Waals surface area contributed by atoms with Crippen molar-refractivity contribution in [3.63, 3.8) is 0 Å². The van der Waals surface area contributed by atoms with Gasteiger partial charge in [-0.3, -0.25) is 0 Å². The van der Waals surface area contributed by atoms with Gasteiger partial charge in [0.15, 0.2) is 102 Å². The van der Waals surface area contributed by atoms with E-state index in [1.807, 2.05) is 0 Å². The normalized spacial score (nSPS) is 29.7. The van der Waals surface area contributed by atoms with Crippen molar-refractivity contribution in [2.24, 2.45) is 5.92 Å². The molecule has 1 fully saturated rings. The van der Waals surface area contributed by atoms with E-state index in [9.17, 15) is 102 Å². The third kappa shape index (κ3) is 8.08. The number of phenols is 11. The minimum atomic E-state index is -2.58. The van der Waals surface area contributed by atoms with E-state index in [-0.39, 0.29) is 0 Å². The summed E-state index contributed by atoms with van der Waals surface area (Å²) in [7, 11) is 0. The molecule has 0 radical (unpaired) electrons. The number of fused-ring (bicyclic) bond motifs is 3. The molecule has 27 heteroatoms. The molecule has 0 aromatic heterocycles. The van der Waals surface area contributed by atoms with Crippen molar-refractivity contribution in [3.8, 4) is 80.1 Å². The Morgan fingerprint density at radius 1 is 0.588 bits per heavy atom. The summed E-state index contributed by atoms with van der Waals surface area (Å²) in [4.78, 5) is 14.7. The summed E-state index contributed by atoms with van der Waals surface area (Å²) in [5, 5.41) is 207. The summed E-state index contributed by atoms with van der Waals surface area (Å²) < 4.78 is 40.8. The number of esters is 1. The van der Waals surface area contributed by atoms with Crippen LogP contribution in [0.3, 0.4) is 0 Å². The van der Waals surface area contributed by atoms with Gasteiger partial charge in [-0.1, -0.05) is 0 Å². The van der Waals surface area contributed by atoms with Crippen molar-refractivity contribution >= 4 is 5.97 Å². The van der Waals surface area contributed by atoms with Crippen LogP contribution in [0.25, 0.3) is 11.1 Å². The van der Waals surface area contributed by atoms with Crippen LogP contribution >= 0.6 is 0 Å². The molecule has 4 bridgehead atoms. The number of ether oxygens (including phenoxy) is 7. The molecule has 1 saturated heterocycles. The third-order valence-corrected chi connectivity index (χ3v) is 11.9. The van der Waals surface area contributed by atoms with Crippen LogP contribution in [0.1, 0.15) is 63.8 Å². The van der Waals surface area contributed by atoms with Crippen LogP contribution in [-0.4, -0.2) is 165 Å². The van der Waals surface area contributed by atoms with Crippen LogP contribution in [0.4, 0.5) is 0 Å². The Kier molecular flexibility index (Phi) is 12.6. The fourth-order valence-electron chi connectivity index (χ4n) is 8.69. The van der Waals surface area contributed by atoms with Gasteiger partial charge in [-0.25, -0.2) is 4.79 Å². The summed E-state index contributed by atoms with van der Waals surface area (Å²) in [6.45, 7) is -1.09. The van der Waals surface area contributed by atoms with E-state index in [1.165, 1.54) is 0 Å². The van der Waals surface area contributed by atoms with E-state index in [0.29, 0.717) is 30.3 Å². The first-order chi connectivity index (χ1) is 32.0. The zero-order chi connectivity index (χ0) is 49.5. The van der Waals surface area contributed by atoms with Gasteiger partial charge in [0, 0.05) is 51.6 Å². The predicted octanol–water partition coefficient (Wildman–Crippen LogP) is -1.64. The number of rotatable bonds is 5. The number of hydrogen-bond donors (Lipinski definition) is 19. The Labute approximate surface area is 378 Å². The lowest BCUT2D eigenvalue weighted by Gasteiger charge is -2.47. The standard InChI is InChI=1S/C41H42O27/c42-13-1-8(2-14(43)24(13)49)35(56)68-41-34-33-31(64-39(60)12(6-19(47)48)22-23-11(38(59)67-34)5-17(46)27(52)32(23)65-40(61)30(22)55)18(63-41)7-62-36(57)9-3-15(44)25(50)28(53)20(9)21-10(37(58)66-33)4-16(45)26(51)29(21)54/h1-5,12,18-19,22,30-31,33-36,38-57,59-61H,6-7H2/t12?,18?,22?,30?,31?,33-,34-,35+,36-,38+,39+,40+,41?/m0/s1. The van der Waals surface area contributed by atoms with Gasteiger partial charge in [-0.15, -0.1) is 0 Å². The van der Waals surface area contributed by atoms with Gasteiger partial charge in [0.2, 0.25) is 23.5 Å². The fraction of sp³-hybridized carbons (Fsp3) is 0.390. The maximum atomic E-state index is 14.7. The molecule has 6 unspecified atom stereocenters. The van der Waals surface area contributed by atoms with Crippen molar-refractivity contribution in [1.82, 2.24) is 0 Å². The minimum Gasteiger partial charge on any atom is -0.504 e. The van der Waals surface area contributed by atoms with Gasteiger partial charge in [0.1, 0.15) is 18.3 Å². The Bertz CT molecular complexity index is 2600. The molecule has 68 heavy (non-hydrogen) atoms. The molecular weight excluding hydrogens is 924 g/mol. The van der Waals surface area contributed by atoms with Crippen LogP contribution < -0.4 is 4.74 Å². The van der Waals surface area contributed by atoms with Crippen molar-refractivity contribution in [2.75, 3.05) is 6.61 Å². The van der Waals surface area contributed by atoms with Gasteiger partial charge in [-0.2, -0.15) is 0 Å². The largest absolute Gasteiger partial charge is 0.504 e. The van der Waals surface area contributed by atoms with Gasteiger partial charge in [0.05, 0.1) is 12.2 Å². The quantitative estimate of drug-likeness (QED) is 0.0606. The molecule has 8 rings (SSSR count). The second-order valence-electron chi connectivity index (χ2n) is 16.0. The first kappa shape index (κ1) is 47.9. The SMILES string of the molecule is O=C1O[C@H]2C3O[C@@H](O)C(CC(O)O)C4c5c(cc(O)c(O)c5O[C@@H](O)C4O)[C@H](O)O[C@@H]2C(O[C@@H](O)c2cc(O)c(O)c(O)c2)OC3CO[C@H](O)c2cc(O)c(O)c(O)c2-c2c1cc(O)c(O)c2O. The lowest BCUT2D eigenvalue weighted by Crippen LogP contribution is -2.63. The number of carbonyl (C=O) groups excluding carboxylic acids is 1. The van der Waals surface area contributed by atoms with Crippen molar-refractivity contribution in [3.05, 3.63) is 58.1 Å². The molecule has 0 aliphatic carbocycles. The van der Waals surface area contributed by atoms with Crippen LogP contribution in [0.5, 0.6) is 69.0 Å². The summed E-state index contributed by atoms with van der Waals surface area (Å²) in [6, 6.07) is 3.13. The summed E-state index contributed by atoms with van der Waals surface area (Å²) >= 11 is 0. The van der Waals surface area contributed by atoms with E-state index in [0.717, 1.165) is 0 Å².